The number of benzene rings is 2. The molecule has 0 unspecified atom stereocenters. The fraction of sp³-hybridized carbons (Fsp3) is 0.500. The molecule has 0 spiro atoms. The van der Waals surface area contributed by atoms with Crippen molar-refractivity contribution < 1.29 is 35.5 Å². The van der Waals surface area contributed by atoms with Crippen LogP contribution in [0.2, 0.25) is 5.02 Å². The number of piperazine rings is 1. The summed E-state index contributed by atoms with van der Waals surface area (Å²) >= 11 is 6.09. The van der Waals surface area contributed by atoms with Gasteiger partial charge in [-0.1, -0.05) is 35.9 Å². The number of likely N-dealkylation sites (tertiary alicyclic amines) is 1. The van der Waals surface area contributed by atoms with E-state index in [-0.39, 0.29) is 36.8 Å². The molecule has 4 rings (SSSR count). The summed E-state index contributed by atoms with van der Waals surface area (Å²) in [5, 5.41) is 0.586. The third-order valence-corrected chi connectivity index (χ3v) is 8.82. The van der Waals surface area contributed by atoms with Crippen LogP contribution in [-0.2, 0) is 16.6 Å². The topological polar surface area (TPSA) is 73.4 Å². The van der Waals surface area contributed by atoms with Crippen molar-refractivity contribution in [3.8, 4) is 5.75 Å². The standard InChI is InChI=1S/C26H31ClF4N4O4S/c1-32(15-18-3-9-21(10-4-18)39-26(30,31)24(28)29)23-17-34(16-22(23)19-5-7-20(27)8-6-19)25(36)33-11-13-35(14-12-33)40(2,37)38/h3-10,22-24H,11-17H2,1-2H3/t22-,23+/m1/s1. The molecule has 0 aliphatic carbocycles. The van der Waals surface area contributed by atoms with E-state index in [1.165, 1.54) is 28.6 Å². The molecule has 8 nitrogen and oxygen atoms in total. The van der Waals surface area contributed by atoms with Crippen molar-refractivity contribution in [3.63, 3.8) is 0 Å². The SMILES string of the molecule is CN(Cc1ccc(OC(F)(F)C(F)F)cc1)[C@H]1CN(C(=O)N2CCN(S(C)(=O)=O)CC2)C[C@@H]1c1ccc(Cl)cc1. The van der Waals surface area contributed by atoms with Crippen LogP contribution in [0.5, 0.6) is 5.75 Å². The molecule has 0 bridgehead atoms. The number of rotatable bonds is 8. The first-order valence-electron chi connectivity index (χ1n) is 12.6. The van der Waals surface area contributed by atoms with Gasteiger partial charge in [-0.3, -0.25) is 4.90 Å². The van der Waals surface area contributed by atoms with Gasteiger partial charge < -0.3 is 14.5 Å². The lowest BCUT2D eigenvalue weighted by Gasteiger charge is -2.35. The zero-order chi connectivity index (χ0) is 29.2. The molecule has 220 valence electrons. The number of ether oxygens (including phenoxy) is 1. The van der Waals surface area contributed by atoms with E-state index >= 15 is 0 Å². The number of sulfonamides is 1. The minimum atomic E-state index is -4.58. The van der Waals surface area contributed by atoms with Crippen molar-refractivity contribution in [1.82, 2.24) is 19.0 Å². The summed E-state index contributed by atoms with van der Waals surface area (Å²) in [6.07, 6.45) is -7.37. The van der Waals surface area contributed by atoms with Crippen LogP contribution in [0, 0.1) is 0 Å². The first kappa shape index (κ1) is 30.4. The first-order chi connectivity index (χ1) is 18.7. The summed E-state index contributed by atoms with van der Waals surface area (Å²) in [5.74, 6) is -0.430. The van der Waals surface area contributed by atoms with Gasteiger partial charge in [0.25, 0.3) is 0 Å². The number of carbonyl (C=O) groups excluding carboxylic acids is 1. The molecular weight excluding hydrogens is 576 g/mol. The van der Waals surface area contributed by atoms with Crippen LogP contribution in [0.3, 0.4) is 0 Å². The molecule has 2 aromatic carbocycles. The molecule has 40 heavy (non-hydrogen) atoms. The summed E-state index contributed by atoms with van der Waals surface area (Å²) < 4.78 is 80.5. The minimum Gasteiger partial charge on any atom is -0.428 e. The molecule has 0 radical (unpaired) electrons. The molecule has 0 aromatic heterocycles. The Balaban J connectivity index is 1.46. The third kappa shape index (κ3) is 7.17. The van der Waals surface area contributed by atoms with E-state index in [1.807, 2.05) is 19.2 Å². The van der Waals surface area contributed by atoms with Crippen LogP contribution in [0.15, 0.2) is 48.5 Å². The van der Waals surface area contributed by atoms with E-state index in [2.05, 4.69) is 9.64 Å². The van der Waals surface area contributed by atoms with E-state index in [9.17, 15) is 30.8 Å². The highest BCUT2D eigenvalue weighted by atomic mass is 35.5. The molecule has 2 amide bonds. The number of likely N-dealkylation sites (N-methyl/N-ethyl adjacent to an activating group) is 1. The van der Waals surface area contributed by atoms with E-state index in [1.54, 1.807) is 21.9 Å². The minimum absolute atomic E-state index is 0.0594. The molecule has 2 saturated heterocycles. The molecule has 2 heterocycles. The molecular formula is C26H31ClF4N4O4S. The molecule has 2 fully saturated rings. The molecule has 0 saturated carbocycles. The second-order valence-corrected chi connectivity index (χ2v) is 12.5. The average molecular weight is 607 g/mol. The summed E-state index contributed by atoms with van der Waals surface area (Å²) in [6, 6.07) is 12.6. The zero-order valence-electron chi connectivity index (χ0n) is 22.0. The number of alkyl halides is 4. The second-order valence-electron chi connectivity index (χ2n) is 10.1. The largest absolute Gasteiger partial charge is 0.461 e. The summed E-state index contributed by atoms with van der Waals surface area (Å²) in [6.45, 7) is 2.33. The van der Waals surface area contributed by atoms with E-state index < -0.39 is 22.6 Å². The monoisotopic (exact) mass is 606 g/mol. The predicted octanol–water partition coefficient (Wildman–Crippen LogP) is 4.17. The van der Waals surface area contributed by atoms with Gasteiger partial charge in [0.15, 0.2) is 0 Å². The van der Waals surface area contributed by atoms with Crippen molar-refractivity contribution in [1.29, 1.82) is 0 Å². The average Bonchev–Trinajstić information content (AvgIpc) is 3.35. The number of amides is 2. The predicted molar refractivity (Wildman–Crippen MR) is 142 cm³/mol. The molecule has 2 aliphatic rings. The molecule has 2 aliphatic heterocycles. The number of nitrogens with zero attached hydrogens (tertiary/aromatic N) is 4. The zero-order valence-corrected chi connectivity index (χ0v) is 23.6. The number of hydrogen-bond donors (Lipinski definition) is 0. The fourth-order valence-electron chi connectivity index (χ4n) is 5.11. The van der Waals surface area contributed by atoms with Crippen LogP contribution in [0.1, 0.15) is 17.0 Å². The first-order valence-corrected chi connectivity index (χ1v) is 14.9. The van der Waals surface area contributed by atoms with E-state index in [0.29, 0.717) is 37.7 Å². The Hall–Kier alpha value is -2.61. The molecule has 0 N–H and O–H groups in total. The van der Waals surface area contributed by atoms with Gasteiger partial charge in [-0.2, -0.15) is 21.9 Å². The van der Waals surface area contributed by atoms with Gasteiger partial charge >= 0.3 is 18.6 Å². The van der Waals surface area contributed by atoms with Gasteiger partial charge in [-0.05, 0) is 42.4 Å². The van der Waals surface area contributed by atoms with Crippen LogP contribution in [0.25, 0.3) is 0 Å². The van der Waals surface area contributed by atoms with Gasteiger partial charge in [0.2, 0.25) is 10.0 Å². The van der Waals surface area contributed by atoms with Crippen LogP contribution in [-0.4, -0.2) is 105 Å². The Morgan fingerprint density at radius 2 is 1.62 bits per heavy atom. The van der Waals surface area contributed by atoms with E-state index in [0.717, 1.165) is 17.4 Å². The fourth-order valence-corrected chi connectivity index (χ4v) is 6.06. The summed E-state index contributed by atoms with van der Waals surface area (Å²) in [5.41, 5.74) is 1.74. The van der Waals surface area contributed by atoms with Gasteiger partial charge in [0.1, 0.15) is 5.75 Å². The van der Waals surface area contributed by atoms with E-state index in [4.69, 9.17) is 11.6 Å². The Bertz CT molecular complexity index is 1280. The summed E-state index contributed by atoms with van der Waals surface area (Å²) in [7, 11) is -1.43. The lowest BCUT2D eigenvalue weighted by molar-refractivity contribution is -0.253. The van der Waals surface area contributed by atoms with Gasteiger partial charge in [0, 0.05) is 62.8 Å². The second kappa shape index (κ2) is 12.1. The lowest BCUT2D eigenvalue weighted by Crippen LogP contribution is -2.53. The smallest absolute Gasteiger partial charge is 0.428 e. The number of halogens is 5. The van der Waals surface area contributed by atoms with Crippen molar-refractivity contribution in [2.75, 3.05) is 52.6 Å². The van der Waals surface area contributed by atoms with Gasteiger partial charge in [0.05, 0.1) is 6.26 Å². The van der Waals surface area contributed by atoms with Gasteiger partial charge in [-0.15, -0.1) is 0 Å². The highest BCUT2D eigenvalue weighted by molar-refractivity contribution is 7.88. The maximum atomic E-state index is 13.4. The van der Waals surface area contributed by atoms with Crippen molar-refractivity contribution in [2.45, 2.75) is 31.0 Å². The molecule has 2 aromatic rings. The number of hydrogen-bond acceptors (Lipinski definition) is 5. The van der Waals surface area contributed by atoms with Crippen molar-refractivity contribution >= 4 is 27.7 Å². The highest BCUT2D eigenvalue weighted by Crippen LogP contribution is 2.33. The lowest BCUT2D eigenvalue weighted by atomic mass is 9.93. The van der Waals surface area contributed by atoms with Crippen LogP contribution in [0.4, 0.5) is 22.4 Å². The number of urea groups is 1. The molecule has 14 heteroatoms. The summed E-state index contributed by atoms with van der Waals surface area (Å²) in [4.78, 5) is 18.9. The third-order valence-electron chi connectivity index (χ3n) is 7.27. The molecule has 2 atom stereocenters. The number of carbonyl (C=O) groups is 1. The Labute approximate surface area is 236 Å². The van der Waals surface area contributed by atoms with Gasteiger partial charge in [-0.25, -0.2) is 13.2 Å². The highest BCUT2D eigenvalue weighted by Gasteiger charge is 2.44. The normalized spacial score (nSPS) is 20.9. The maximum Gasteiger partial charge on any atom is 0.461 e. The van der Waals surface area contributed by atoms with Crippen molar-refractivity contribution in [3.05, 3.63) is 64.7 Å². The Morgan fingerprint density at radius 1 is 1.02 bits per heavy atom. The van der Waals surface area contributed by atoms with Crippen molar-refractivity contribution in [2.24, 2.45) is 0 Å². The Morgan fingerprint density at radius 3 is 2.17 bits per heavy atom. The Kier molecular flexibility index (Phi) is 9.18. The quantitative estimate of drug-likeness (QED) is 0.422. The van der Waals surface area contributed by atoms with Crippen LogP contribution < -0.4 is 4.74 Å². The van der Waals surface area contributed by atoms with Crippen LogP contribution >= 0.6 is 11.6 Å². The maximum absolute atomic E-state index is 13.4.